The van der Waals surface area contributed by atoms with E-state index in [4.69, 9.17) is 0 Å². The van der Waals surface area contributed by atoms with Gasteiger partial charge in [0.1, 0.15) is 17.5 Å². The van der Waals surface area contributed by atoms with E-state index in [0.29, 0.717) is 0 Å². The number of hydrogen-bond acceptors (Lipinski definition) is 7. The molecule has 1 amide bonds. The topological polar surface area (TPSA) is 117 Å². The monoisotopic (exact) mass is 496 g/mol. The quantitative estimate of drug-likeness (QED) is 0.513. The summed E-state index contributed by atoms with van der Waals surface area (Å²) in [7, 11) is -0.787. The van der Waals surface area contributed by atoms with Crippen molar-refractivity contribution in [3.05, 3.63) is 52.6 Å². The van der Waals surface area contributed by atoms with Gasteiger partial charge >= 0.3 is 0 Å². The van der Waals surface area contributed by atoms with Gasteiger partial charge in [-0.3, -0.25) is 9.52 Å². The summed E-state index contributed by atoms with van der Waals surface area (Å²) in [6.45, 7) is 3.13. The molecule has 0 aliphatic rings. The number of rotatable bonds is 7. The Morgan fingerprint density at radius 3 is 2.32 bits per heavy atom. The second-order valence-corrected chi connectivity index (χ2v) is 9.61. The third-order valence-corrected chi connectivity index (χ3v) is 5.39. The lowest BCUT2D eigenvalue weighted by Crippen LogP contribution is -2.25. The zero-order valence-corrected chi connectivity index (χ0v) is 19.8. The van der Waals surface area contributed by atoms with Gasteiger partial charge < -0.3 is 10.2 Å². The van der Waals surface area contributed by atoms with Crippen LogP contribution in [0.25, 0.3) is 11.0 Å². The number of amides is 1. The highest BCUT2D eigenvalue weighted by Crippen LogP contribution is 2.31. The predicted molar refractivity (Wildman–Crippen MR) is 122 cm³/mol. The second kappa shape index (κ2) is 9.41. The molecule has 2 heterocycles. The second-order valence-electron chi connectivity index (χ2n) is 7.87. The lowest BCUT2D eigenvalue weighted by Gasteiger charge is -2.20. The molecule has 9 nitrogen and oxygen atoms in total. The maximum Gasteiger partial charge on any atom is 0.266 e. The number of benzene rings is 1. The van der Waals surface area contributed by atoms with E-state index in [2.05, 4.69) is 25.0 Å². The molecule has 34 heavy (non-hydrogen) atoms. The molecule has 3 aromatic rings. The Labute approximate surface area is 194 Å². The van der Waals surface area contributed by atoms with Crippen LogP contribution in [0.1, 0.15) is 46.7 Å². The van der Waals surface area contributed by atoms with Crippen molar-refractivity contribution in [1.82, 2.24) is 19.9 Å². The third kappa shape index (κ3) is 5.35. The number of alkyl halides is 2. The molecule has 0 aliphatic carbocycles. The highest BCUT2D eigenvalue weighted by Gasteiger charge is 2.23. The fourth-order valence-electron chi connectivity index (χ4n) is 3.28. The van der Waals surface area contributed by atoms with Crippen LogP contribution in [0, 0.1) is 12.7 Å². The minimum Gasteiger partial charge on any atom is -0.363 e. The lowest BCUT2D eigenvalue weighted by atomic mass is 10.0. The van der Waals surface area contributed by atoms with Crippen molar-refractivity contribution in [2.75, 3.05) is 30.4 Å². The molecule has 0 radical (unpaired) electrons. The Morgan fingerprint density at radius 2 is 1.74 bits per heavy atom. The number of sulfonamides is 1. The summed E-state index contributed by atoms with van der Waals surface area (Å²) in [5.74, 6) is -1.34. The van der Waals surface area contributed by atoms with Crippen molar-refractivity contribution in [2.24, 2.45) is 0 Å². The zero-order chi connectivity index (χ0) is 25.4. The number of anilines is 2. The molecule has 0 fully saturated rings. The average Bonchev–Trinajstić information content (AvgIpc) is 2.71. The van der Waals surface area contributed by atoms with Crippen molar-refractivity contribution in [1.29, 1.82) is 0 Å². The Balaban J connectivity index is 2.16. The number of aromatic nitrogens is 3. The molecular weight excluding hydrogens is 473 g/mol. The number of pyridine rings is 1. The Kier molecular flexibility index (Phi) is 6.96. The number of carbonyl (C=O) groups excluding carboxylic acids is 1. The molecule has 13 heteroatoms. The van der Waals surface area contributed by atoms with Crippen LogP contribution in [0.2, 0.25) is 0 Å². The van der Waals surface area contributed by atoms with Crippen molar-refractivity contribution < 1.29 is 26.4 Å². The summed E-state index contributed by atoms with van der Waals surface area (Å²) < 4.78 is 66.8. The molecule has 1 atom stereocenters. The minimum atomic E-state index is -3.76. The Morgan fingerprint density at radius 1 is 1.09 bits per heavy atom. The largest absolute Gasteiger partial charge is 0.363 e. The number of halogens is 3. The molecular formula is C21H23F3N6O3S. The summed E-state index contributed by atoms with van der Waals surface area (Å²) in [5.41, 5.74) is -0.704. The number of carbonyl (C=O) groups is 1. The fourth-order valence-corrected chi connectivity index (χ4v) is 3.79. The molecule has 0 saturated heterocycles. The van der Waals surface area contributed by atoms with Crippen molar-refractivity contribution in [3.8, 4) is 0 Å². The van der Waals surface area contributed by atoms with Crippen LogP contribution in [0.3, 0.4) is 0 Å². The maximum absolute atomic E-state index is 14.7. The Hall–Kier alpha value is -3.48. The summed E-state index contributed by atoms with van der Waals surface area (Å²) >= 11 is 0. The number of nitrogens with one attached hydrogen (secondary N) is 2. The van der Waals surface area contributed by atoms with Crippen LogP contribution in [-0.2, 0) is 10.0 Å². The van der Waals surface area contributed by atoms with E-state index in [0.717, 1.165) is 12.3 Å². The first-order chi connectivity index (χ1) is 15.8. The van der Waals surface area contributed by atoms with Crippen LogP contribution in [0.5, 0.6) is 0 Å². The normalized spacial score (nSPS) is 12.6. The van der Waals surface area contributed by atoms with E-state index in [1.54, 1.807) is 13.8 Å². The molecule has 3 rings (SSSR count). The molecule has 0 saturated carbocycles. The number of hydrogen-bond donors (Lipinski definition) is 2. The zero-order valence-electron chi connectivity index (χ0n) is 19.0. The van der Waals surface area contributed by atoms with E-state index in [-0.39, 0.29) is 39.6 Å². The van der Waals surface area contributed by atoms with Crippen LogP contribution >= 0.6 is 0 Å². The highest BCUT2D eigenvalue weighted by molar-refractivity contribution is 7.92. The van der Waals surface area contributed by atoms with Gasteiger partial charge in [0.25, 0.3) is 12.3 Å². The Bertz CT molecular complexity index is 1370. The summed E-state index contributed by atoms with van der Waals surface area (Å²) in [6, 6.07) is 4.30. The van der Waals surface area contributed by atoms with E-state index in [1.165, 1.54) is 37.2 Å². The van der Waals surface area contributed by atoms with E-state index >= 15 is 0 Å². The first-order valence-corrected chi connectivity index (χ1v) is 11.9. The van der Waals surface area contributed by atoms with Crippen molar-refractivity contribution in [2.45, 2.75) is 26.3 Å². The van der Waals surface area contributed by atoms with Crippen LogP contribution in [-0.4, -0.2) is 54.5 Å². The molecule has 0 bridgehead atoms. The molecule has 2 N–H and O–H groups in total. The summed E-state index contributed by atoms with van der Waals surface area (Å²) in [5, 5.41) is 3.23. The minimum absolute atomic E-state index is 0.00451. The molecule has 1 aromatic carbocycles. The molecule has 182 valence electrons. The summed E-state index contributed by atoms with van der Waals surface area (Å²) in [4.78, 5) is 26.7. The van der Waals surface area contributed by atoms with Gasteiger partial charge in [0, 0.05) is 19.7 Å². The number of aryl methyl sites for hydroxylation is 1. The van der Waals surface area contributed by atoms with Gasteiger partial charge in [0.15, 0.2) is 11.5 Å². The highest BCUT2D eigenvalue weighted by atomic mass is 32.2. The molecule has 2 aromatic heterocycles. The van der Waals surface area contributed by atoms with Gasteiger partial charge in [0.05, 0.1) is 28.8 Å². The maximum atomic E-state index is 14.7. The summed E-state index contributed by atoms with van der Waals surface area (Å²) in [6.07, 6.45) is -2.05. The van der Waals surface area contributed by atoms with Crippen molar-refractivity contribution in [3.63, 3.8) is 0 Å². The van der Waals surface area contributed by atoms with E-state index in [9.17, 15) is 26.4 Å². The molecule has 0 unspecified atom stereocenters. The fraction of sp³-hybridized carbons (Fsp3) is 0.333. The molecule has 0 spiro atoms. The van der Waals surface area contributed by atoms with Crippen LogP contribution in [0.15, 0.2) is 24.3 Å². The smallest absolute Gasteiger partial charge is 0.266 e. The third-order valence-electron chi connectivity index (χ3n) is 4.83. The van der Waals surface area contributed by atoms with E-state index < -0.39 is 39.8 Å². The average molecular weight is 497 g/mol. The SMILES string of the molecule is Cc1nc(N[C@H](C)c2cccc(C(F)F)c2F)c2cc(C(=O)N(C)C)c(NS(C)(=O)=O)nc2n1. The van der Waals surface area contributed by atoms with Gasteiger partial charge in [0.2, 0.25) is 10.0 Å². The van der Waals surface area contributed by atoms with E-state index in [1.807, 2.05) is 0 Å². The number of fused-ring (bicyclic) bond motifs is 1. The first-order valence-electron chi connectivity index (χ1n) is 10.00. The van der Waals surface area contributed by atoms with Gasteiger partial charge in [-0.1, -0.05) is 18.2 Å². The van der Waals surface area contributed by atoms with Gasteiger partial charge in [-0.25, -0.2) is 36.5 Å². The lowest BCUT2D eigenvalue weighted by molar-refractivity contribution is 0.0828. The predicted octanol–water partition coefficient (Wildman–Crippen LogP) is 3.66. The standard InChI is InChI=1S/C21H23F3N6O3S/c1-10(12-7-6-8-13(16(12)22)17(23)24)25-18-14-9-15(21(31)30(3)4)20(29-34(5,32)33)28-19(14)27-11(2)26-18/h6-10,17H,1-5H3,(H2,25,26,27,28,29)/t10-/m1/s1. The van der Waals surface area contributed by atoms with Crippen LogP contribution < -0.4 is 10.0 Å². The van der Waals surface area contributed by atoms with Crippen molar-refractivity contribution >= 4 is 38.6 Å². The van der Waals surface area contributed by atoms with Crippen LogP contribution in [0.4, 0.5) is 24.8 Å². The van der Waals surface area contributed by atoms with Gasteiger partial charge in [-0.15, -0.1) is 0 Å². The first kappa shape index (κ1) is 25.1. The van der Waals surface area contributed by atoms with Gasteiger partial charge in [-0.2, -0.15) is 0 Å². The van der Waals surface area contributed by atoms with Gasteiger partial charge in [-0.05, 0) is 19.9 Å². The number of nitrogens with zero attached hydrogens (tertiary/aromatic N) is 4. The molecule has 0 aliphatic heterocycles.